The Hall–Kier alpha value is -1.63. The van der Waals surface area contributed by atoms with Gasteiger partial charge in [0, 0.05) is 19.6 Å². The van der Waals surface area contributed by atoms with Crippen LogP contribution in [0.5, 0.6) is 0 Å². The summed E-state index contributed by atoms with van der Waals surface area (Å²) in [6.45, 7) is 4.51. The lowest BCUT2D eigenvalue weighted by atomic mass is 10.0. The quantitative estimate of drug-likeness (QED) is 0.884. The van der Waals surface area contributed by atoms with Crippen LogP contribution in [0.25, 0.3) is 0 Å². The van der Waals surface area contributed by atoms with Gasteiger partial charge >= 0.3 is 6.09 Å². The van der Waals surface area contributed by atoms with Gasteiger partial charge in [0.05, 0.1) is 26.4 Å². The van der Waals surface area contributed by atoms with E-state index in [0.717, 1.165) is 12.1 Å². The molecule has 3 rings (SSSR count). The minimum atomic E-state index is -0.458. The van der Waals surface area contributed by atoms with E-state index in [0.29, 0.717) is 46.1 Å². The standard InChI is InChI=1S/C16H22N2O4/c19-15(21-10-14-4-2-1-3-5-14)18-7-9-22-16(12-18)11-17-6-8-20-13-16/h1-5,17H,6-13H2. The Labute approximate surface area is 130 Å². The average molecular weight is 306 g/mol. The summed E-state index contributed by atoms with van der Waals surface area (Å²) in [6.07, 6.45) is -0.296. The summed E-state index contributed by atoms with van der Waals surface area (Å²) in [5.41, 5.74) is 0.527. The van der Waals surface area contributed by atoms with Crippen molar-refractivity contribution in [3.05, 3.63) is 35.9 Å². The third-order valence-corrected chi connectivity index (χ3v) is 3.95. The predicted octanol–water partition coefficient (Wildman–Crippen LogP) is 1.01. The molecule has 6 heteroatoms. The second kappa shape index (κ2) is 7.09. The number of carbonyl (C=O) groups excluding carboxylic acids is 1. The minimum absolute atomic E-state index is 0.290. The van der Waals surface area contributed by atoms with Crippen LogP contribution in [0.4, 0.5) is 4.79 Å². The smallest absolute Gasteiger partial charge is 0.410 e. The SMILES string of the molecule is O=C(OCc1ccccc1)N1CCOC2(CNCCOC2)C1. The second-order valence-electron chi connectivity index (χ2n) is 5.72. The van der Waals surface area contributed by atoms with Crippen molar-refractivity contribution in [3.8, 4) is 0 Å². The molecule has 120 valence electrons. The highest BCUT2D eigenvalue weighted by molar-refractivity contribution is 5.68. The Bertz CT molecular complexity index is 486. The highest BCUT2D eigenvalue weighted by Gasteiger charge is 2.40. The van der Waals surface area contributed by atoms with Crippen LogP contribution in [-0.2, 0) is 20.8 Å². The van der Waals surface area contributed by atoms with Crippen LogP contribution >= 0.6 is 0 Å². The zero-order valence-corrected chi connectivity index (χ0v) is 12.6. The Morgan fingerprint density at radius 1 is 1.32 bits per heavy atom. The van der Waals surface area contributed by atoms with E-state index in [9.17, 15) is 4.79 Å². The lowest BCUT2D eigenvalue weighted by Crippen LogP contribution is -2.59. The average Bonchev–Trinajstić information content (AvgIpc) is 2.79. The van der Waals surface area contributed by atoms with Gasteiger partial charge in [-0.2, -0.15) is 0 Å². The molecule has 6 nitrogen and oxygen atoms in total. The van der Waals surface area contributed by atoms with E-state index < -0.39 is 5.60 Å². The fourth-order valence-corrected chi connectivity index (χ4v) is 2.78. The molecule has 1 spiro atoms. The molecule has 1 N–H and O–H groups in total. The summed E-state index contributed by atoms with van der Waals surface area (Å²) in [6, 6.07) is 9.69. The first-order valence-corrected chi connectivity index (χ1v) is 7.66. The van der Waals surface area contributed by atoms with E-state index in [1.165, 1.54) is 0 Å². The molecule has 0 aromatic heterocycles. The first-order valence-electron chi connectivity index (χ1n) is 7.66. The summed E-state index contributed by atoms with van der Waals surface area (Å²) in [4.78, 5) is 14.0. The molecule has 1 aromatic carbocycles. The summed E-state index contributed by atoms with van der Waals surface area (Å²) in [7, 11) is 0. The number of nitrogens with one attached hydrogen (secondary N) is 1. The number of benzene rings is 1. The van der Waals surface area contributed by atoms with E-state index in [1.807, 2.05) is 30.3 Å². The Morgan fingerprint density at radius 2 is 2.18 bits per heavy atom. The zero-order chi connectivity index (χ0) is 15.3. The maximum atomic E-state index is 12.3. The normalized spacial score (nSPS) is 25.7. The van der Waals surface area contributed by atoms with Crippen molar-refractivity contribution in [2.24, 2.45) is 0 Å². The summed E-state index contributed by atoms with van der Waals surface area (Å²) in [5.74, 6) is 0. The van der Waals surface area contributed by atoms with Gasteiger partial charge in [0.15, 0.2) is 0 Å². The number of amides is 1. The van der Waals surface area contributed by atoms with Crippen molar-refractivity contribution >= 4 is 6.09 Å². The van der Waals surface area contributed by atoms with Crippen LogP contribution in [-0.4, -0.2) is 62.6 Å². The molecule has 1 aromatic rings. The van der Waals surface area contributed by atoms with E-state index >= 15 is 0 Å². The molecule has 2 saturated heterocycles. The molecule has 1 unspecified atom stereocenters. The molecule has 0 radical (unpaired) electrons. The monoisotopic (exact) mass is 306 g/mol. The van der Waals surface area contributed by atoms with E-state index in [4.69, 9.17) is 14.2 Å². The van der Waals surface area contributed by atoms with Crippen LogP contribution in [0.1, 0.15) is 5.56 Å². The van der Waals surface area contributed by atoms with Crippen molar-refractivity contribution in [1.29, 1.82) is 0 Å². The number of carbonyl (C=O) groups is 1. The van der Waals surface area contributed by atoms with Crippen molar-refractivity contribution in [3.63, 3.8) is 0 Å². The molecule has 22 heavy (non-hydrogen) atoms. The maximum absolute atomic E-state index is 12.3. The summed E-state index contributed by atoms with van der Waals surface area (Å²) < 4.78 is 16.9. The molecular weight excluding hydrogens is 284 g/mol. The highest BCUT2D eigenvalue weighted by Crippen LogP contribution is 2.20. The van der Waals surface area contributed by atoms with E-state index in [-0.39, 0.29) is 6.09 Å². The summed E-state index contributed by atoms with van der Waals surface area (Å²) >= 11 is 0. The van der Waals surface area contributed by atoms with Gasteiger partial charge in [0.1, 0.15) is 12.2 Å². The van der Waals surface area contributed by atoms with Gasteiger partial charge in [0.25, 0.3) is 0 Å². The highest BCUT2D eigenvalue weighted by atomic mass is 16.6. The molecule has 1 amide bonds. The first-order chi connectivity index (χ1) is 10.8. The molecule has 2 fully saturated rings. The maximum Gasteiger partial charge on any atom is 0.410 e. The Kier molecular flexibility index (Phi) is 4.92. The largest absolute Gasteiger partial charge is 0.445 e. The van der Waals surface area contributed by atoms with Gasteiger partial charge in [-0.05, 0) is 5.56 Å². The lowest BCUT2D eigenvalue weighted by Gasteiger charge is -2.41. The van der Waals surface area contributed by atoms with Crippen LogP contribution in [0.2, 0.25) is 0 Å². The lowest BCUT2D eigenvalue weighted by molar-refractivity contribution is -0.129. The second-order valence-corrected chi connectivity index (χ2v) is 5.72. The molecule has 2 aliphatic rings. The van der Waals surface area contributed by atoms with Crippen molar-refractivity contribution < 1.29 is 19.0 Å². The third kappa shape index (κ3) is 3.76. The first kappa shape index (κ1) is 15.3. The third-order valence-electron chi connectivity index (χ3n) is 3.95. The molecule has 1 atom stereocenters. The van der Waals surface area contributed by atoms with E-state index in [2.05, 4.69) is 5.32 Å². The molecule has 0 saturated carbocycles. The van der Waals surface area contributed by atoms with Gasteiger partial charge in [0.2, 0.25) is 0 Å². The van der Waals surface area contributed by atoms with Gasteiger partial charge in [-0.1, -0.05) is 30.3 Å². The number of hydrogen-bond donors (Lipinski definition) is 1. The van der Waals surface area contributed by atoms with Gasteiger partial charge in [-0.25, -0.2) is 4.79 Å². The van der Waals surface area contributed by atoms with Crippen molar-refractivity contribution in [1.82, 2.24) is 10.2 Å². The number of morpholine rings is 1. The van der Waals surface area contributed by atoms with Crippen LogP contribution < -0.4 is 5.32 Å². The molecule has 2 aliphatic heterocycles. The van der Waals surface area contributed by atoms with Crippen molar-refractivity contribution in [2.45, 2.75) is 12.2 Å². The molecule has 0 bridgehead atoms. The van der Waals surface area contributed by atoms with Crippen LogP contribution in [0.3, 0.4) is 0 Å². The van der Waals surface area contributed by atoms with Crippen molar-refractivity contribution in [2.75, 3.05) is 46.0 Å². The van der Waals surface area contributed by atoms with Gasteiger partial charge < -0.3 is 24.4 Å². The van der Waals surface area contributed by atoms with Crippen LogP contribution in [0, 0.1) is 0 Å². The fraction of sp³-hybridized carbons (Fsp3) is 0.562. The zero-order valence-electron chi connectivity index (χ0n) is 12.6. The molecule has 2 heterocycles. The van der Waals surface area contributed by atoms with Crippen LogP contribution in [0.15, 0.2) is 30.3 Å². The fourth-order valence-electron chi connectivity index (χ4n) is 2.78. The topological polar surface area (TPSA) is 60.0 Å². The molecule has 0 aliphatic carbocycles. The molecular formula is C16H22N2O4. The number of hydrogen-bond acceptors (Lipinski definition) is 5. The number of rotatable bonds is 2. The van der Waals surface area contributed by atoms with Gasteiger partial charge in [-0.15, -0.1) is 0 Å². The van der Waals surface area contributed by atoms with E-state index in [1.54, 1.807) is 4.90 Å². The number of nitrogens with zero attached hydrogens (tertiary/aromatic N) is 1. The minimum Gasteiger partial charge on any atom is -0.445 e. The number of ether oxygens (including phenoxy) is 3. The summed E-state index contributed by atoms with van der Waals surface area (Å²) in [5, 5.41) is 3.30. The Balaban J connectivity index is 1.55. The Morgan fingerprint density at radius 3 is 3.05 bits per heavy atom. The van der Waals surface area contributed by atoms with Gasteiger partial charge in [-0.3, -0.25) is 0 Å². The predicted molar refractivity (Wildman–Crippen MR) is 80.6 cm³/mol.